The molecule has 23 heavy (non-hydrogen) atoms. The molecule has 0 aliphatic carbocycles. The average Bonchev–Trinajstić information content (AvgIpc) is 3.03. The topological polar surface area (TPSA) is 69.7 Å². The molecule has 0 radical (unpaired) electrons. The summed E-state index contributed by atoms with van der Waals surface area (Å²) >= 11 is 0. The van der Waals surface area contributed by atoms with Gasteiger partial charge >= 0.3 is 6.03 Å². The molecule has 2 saturated heterocycles. The summed E-state index contributed by atoms with van der Waals surface area (Å²) in [7, 11) is -2.98. The summed E-state index contributed by atoms with van der Waals surface area (Å²) in [6.45, 7) is 4.66. The van der Waals surface area contributed by atoms with Gasteiger partial charge in [-0.25, -0.2) is 13.2 Å². The summed E-state index contributed by atoms with van der Waals surface area (Å²) in [5.41, 5.74) is 3.03. The van der Waals surface area contributed by atoms with Crippen LogP contribution in [0, 0.1) is 6.92 Å². The van der Waals surface area contributed by atoms with Crippen molar-refractivity contribution in [3.63, 3.8) is 0 Å². The van der Waals surface area contributed by atoms with E-state index in [2.05, 4.69) is 16.3 Å². The van der Waals surface area contributed by atoms with Crippen LogP contribution in [0.2, 0.25) is 0 Å². The van der Waals surface area contributed by atoms with Gasteiger partial charge in [0.1, 0.15) is 0 Å². The summed E-state index contributed by atoms with van der Waals surface area (Å²) in [5, 5.41) is 2.94. The fourth-order valence-corrected chi connectivity index (χ4v) is 4.37. The Bertz CT molecular complexity index is 683. The monoisotopic (exact) mass is 337 g/mol. The van der Waals surface area contributed by atoms with Crippen molar-refractivity contribution in [2.45, 2.75) is 19.8 Å². The molecule has 0 unspecified atom stereocenters. The third-order valence-electron chi connectivity index (χ3n) is 4.63. The van der Waals surface area contributed by atoms with Gasteiger partial charge in [-0.2, -0.15) is 0 Å². The van der Waals surface area contributed by atoms with E-state index in [-0.39, 0.29) is 30.6 Å². The van der Waals surface area contributed by atoms with E-state index in [9.17, 15) is 13.2 Å². The Balaban J connectivity index is 1.70. The molecule has 1 aromatic rings. The molecule has 1 aromatic carbocycles. The molecular formula is C16H23N3O3S. The number of amides is 2. The summed E-state index contributed by atoms with van der Waals surface area (Å²) in [4.78, 5) is 16.3. The number of nitrogens with one attached hydrogen (secondary N) is 1. The molecule has 2 fully saturated rings. The van der Waals surface area contributed by atoms with Crippen LogP contribution in [0.5, 0.6) is 0 Å². The highest BCUT2D eigenvalue weighted by Crippen LogP contribution is 2.29. The Morgan fingerprint density at radius 1 is 1.09 bits per heavy atom. The normalized spacial score (nSPS) is 20.6. The molecule has 0 saturated carbocycles. The van der Waals surface area contributed by atoms with Crippen LogP contribution >= 0.6 is 0 Å². The summed E-state index contributed by atoms with van der Waals surface area (Å²) in [5.74, 6) is 0.0977. The number of hydrogen-bond donors (Lipinski definition) is 1. The second kappa shape index (κ2) is 6.39. The first-order chi connectivity index (χ1) is 11.0. The number of urea groups is 1. The Morgan fingerprint density at radius 2 is 1.74 bits per heavy atom. The van der Waals surface area contributed by atoms with Crippen molar-refractivity contribution in [3.05, 3.63) is 23.8 Å². The molecule has 3 rings (SSSR count). The number of nitrogens with zero attached hydrogens (tertiary/aromatic N) is 2. The minimum atomic E-state index is -2.98. The van der Waals surface area contributed by atoms with Gasteiger partial charge < -0.3 is 15.1 Å². The number of benzene rings is 1. The van der Waals surface area contributed by atoms with E-state index >= 15 is 0 Å². The number of carbonyl (C=O) groups excluding carboxylic acids is 1. The molecule has 2 aliphatic heterocycles. The summed E-state index contributed by atoms with van der Waals surface area (Å²) in [6.07, 6.45) is 2.41. The highest BCUT2D eigenvalue weighted by Gasteiger charge is 2.25. The van der Waals surface area contributed by atoms with Gasteiger partial charge in [0.25, 0.3) is 0 Å². The van der Waals surface area contributed by atoms with Crippen LogP contribution in [0.3, 0.4) is 0 Å². The summed E-state index contributed by atoms with van der Waals surface area (Å²) in [6, 6.07) is 5.72. The van der Waals surface area contributed by atoms with Gasteiger partial charge in [-0.3, -0.25) is 0 Å². The van der Waals surface area contributed by atoms with Crippen LogP contribution in [0.1, 0.15) is 18.4 Å². The van der Waals surface area contributed by atoms with Crippen LogP contribution in [-0.4, -0.2) is 57.0 Å². The zero-order chi connectivity index (χ0) is 16.4. The van der Waals surface area contributed by atoms with E-state index in [1.54, 1.807) is 4.90 Å². The lowest BCUT2D eigenvalue weighted by atomic mass is 10.1. The maximum absolute atomic E-state index is 12.4. The standard InChI is InChI=1S/C16H23N3O3S/c1-13-14(5-4-6-15(13)18-7-2-3-8-18)17-16(20)19-9-11-23(21,22)12-10-19/h4-6H,2-3,7-12H2,1H3,(H,17,20). The number of hydrogen-bond acceptors (Lipinski definition) is 4. The Hall–Kier alpha value is -1.76. The highest BCUT2D eigenvalue weighted by molar-refractivity contribution is 7.91. The lowest BCUT2D eigenvalue weighted by Crippen LogP contribution is -2.45. The first-order valence-corrected chi connectivity index (χ1v) is 9.89. The molecule has 2 heterocycles. The van der Waals surface area contributed by atoms with Crippen LogP contribution in [0.15, 0.2) is 18.2 Å². The molecule has 0 aromatic heterocycles. The predicted molar refractivity (Wildman–Crippen MR) is 91.9 cm³/mol. The van der Waals surface area contributed by atoms with Gasteiger partial charge in [0.2, 0.25) is 0 Å². The smallest absolute Gasteiger partial charge is 0.321 e. The zero-order valence-corrected chi connectivity index (χ0v) is 14.2. The Labute approximate surface area is 137 Å². The molecule has 2 aliphatic rings. The molecule has 0 bridgehead atoms. The van der Waals surface area contributed by atoms with Crippen molar-refractivity contribution in [1.29, 1.82) is 0 Å². The number of sulfone groups is 1. The van der Waals surface area contributed by atoms with Crippen LogP contribution in [0.4, 0.5) is 16.2 Å². The molecule has 6 nitrogen and oxygen atoms in total. The maximum Gasteiger partial charge on any atom is 0.321 e. The van der Waals surface area contributed by atoms with Gasteiger partial charge in [0.05, 0.1) is 11.5 Å². The first kappa shape index (κ1) is 16.1. The number of carbonyl (C=O) groups is 1. The largest absolute Gasteiger partial charge is 0.371 e. The van der Waals surface area contributed by atoms with Gasteiger partial charge in [-0.05, 0) is 37.5 Å². The lowest BCUT2D eigenvalue weighted by molar-refractivity contribution is 0.216. The molecule has 126 valence electrons. The fraction of sp³-hybridized carbons (Fsp3) is 0.562. The minimum absolute atomic E-state index is 0.0488. The third-order valence-corrected chi connectivity index (χ3v) is 6.23. The van der Waals surface area contributed by atoms with Crippen LogP contribution in [-0.2, 0) is 9.84 Å². The van der Waals surface area contributed by atoms with E-state index in [0.717, 1.165) is 24.3 Å². The fourth-order valence-electron chi connectivity index (χ4n) is 3.17. The van der Waals surface area contributed by atoms with E-state index in [1.165, 1.54) is 18.5 Å². The molecular weight excluding hydrogens is 314 g/mol. The second-order valence-electron chi connectivity index (χ2n) is 6.21. The molecule has 2 amide bonds. The second-order valence-corrected chi connectivity index (χ2v) is 8.52. The third kappa shape index (κ3) is 3.60. The van der Waals surface area contributed by atoms with E-state index in [0.29, 0.717) is 0 Å². The van der Waals surface area contributed by atoms with Crippen molar-refractivity contribution < 1.29 is 13.2 Å². The molecule has 0 atom stereocenters. The average molecular weight is 337 g/mol. The predicted octanol–water partition coefficient (Wildman–Crippen LogP) is 1.86. The van der Waals surface area contributed by atoms with Crippen molar-refractivity contribution in [2.24, 2.45) is 0 Å². The number of rotatable bonds is 2. The van der Waals surface area contributed by atoms with Crippen molar-refractivity contribution >= 4 is 27.2 Å². The van der Waals surface area contributed by atoms with Gasteiger partial charge in [0, 0.05) is 37.6 Å². The maximum atomic E-state index is 12.4. The van der Waals surface area contributed by atoms with Gasteiger partial charge in [-0.15, -0.1) is 0 Å². The lowest BCUT2D eigenvalue weighted by Gasteiger charge is -2.28. The molecule has 7 heteroatoms. The molecule has 1 N–H and O–H groups in total. The van der Waals surface area contributed by atoms with E-state index in [4.69, 9.17) is 0 Å². The first-order valence-electron chi connectivity index (χ1n) is 8.07. The van der Waals surface area contributed by atoms with Gasteiger partial charge in [-0.1, -0.05) is 6.07 Å². The minimum Gasteiger partial charge on any atom is -0.371 e. The summed E-state index contributed by atoms with van der Waals surface area (Å²) < 4.78 is 22.9. The van der Waals surface area contributed by atoms with Crippen molar-refractivity contribution in [2.75, 3.05) is 47.9 Å². The van der Waals surface area contributed by atoms with Crippen LogP contribution < -0.4 is 10.2 Å². The Kier molecular flexibility index (Phi) is 4.48. The SMILES string of the molecule is Cc1c(NC(=O)N2CCS(=O)(=O)CC2)cccc1N1CCCC1. The Morgan fingerprint density at radius 3 is 2.39 bits per heavy atom. The number of anilines is 2. The van der Waals surface area contributed by atoms with E-state index < -0.39 is 9.84 Å². The van der Waals surface area contributed by atoms with Gasteiger partial charge in [0.15, 0.2) is 9.84 Å². The molecule has 0 spiro atoms. The van der Waals surface area contributed by atoms with Crippen LogP contribution in [0.25, 0.3) is 0 Å². The highest BCUT2D eigenvalue weighted by atomic mass is 32.2. The van der Waals surface area contributed by atoms with E-state index in [1.807, 2.05) is 19.1 Å². The van der Waals surface area contributed by atoms with Crippen molar-refractivity contribution in [3.8, 4) is 0 Å². The quantitative estimate of drug-likeness (QED) is 0.894. The van der Waals surface area contributed by atoms with Crippen molar-refractivity contribution in [1.82, 2.24) is 4.90 Å². The zero-order valence-electron chi connectivity index (χ0n) is 13.4.